The molecule has 0 N–H and O–H groups in total. The van der Waals surface area contributed by atoms with Crippen molar-refractivity contribution in [2.24, 2.45) is 0 Å². The molecule has 1 aliphatic rings. The molecule has 0 saturated carbocycles. The summed E-state index contributed by atoms with van der Waals surface area (Å²) in [5, 5.41) is 0.988. The molecule has 1 aromatic rings. The molecule has 1 aromatic carbocycles. The third kappa shape index (κ3) is 3.62. The Morgan fingerprint density at radius 3 is 2.79 bits per heavy atom. The van der Waals surface area contributed by atoms with E-state index in [9.17, 15) is 4.79 Å². The van der Waals surface area contributed by atoms with Crippen molar-refractivity contribution >= 4 is 29.1 Å². The minimum absolute atomic E-state index is 0.0916. The predicted molar refractivity (Wildman–Crippen MR) is 76.8 cm³/mol. The van der Waals surface area contributed by atoms with Gasteiger partial charge in [0.15, 0.2) is 0 Å². The van der Waals surface area contributed by atoms with Crippen molar-refractivity contribution in [1.82, 2.24) is 4.90 Å². The molecule has 5 heteroatoms. The molecule has 0 radical (unpaired) electrons. The molecule has 1 aliphatic heterocycles. The summed E-state index contributed by atoms with van der Waals surface area (Å²) in [6.45, 7) is 5.21. The number of carbonyl (C=O) groups is 1. The zero-order chi connectivity index (χ0) is 14.0. The Bertz CT molecular complexity index is 479. The zero-order valence-corrected chi connectivity index (χ0v) is 12.5. The summed E-state index contributed by atoms with van der Waals surface area (Å²) in [5.74, 6) is 0.0982. The lowest BCUT2D eigenvalue weighted by molar-refractivity contribution is -0.142. The Morgan fingerprint density at radius 2 is 2.11 bits per heavy atom. The second kappa shape index (κ2) is 6.12. The topological polar surface area (TPSA) is 29.5 Å². The second-order valence-corrected chi connectivity index (χ2v) is 5.78. The van der Waals surface area contributed by atoms with Crippen LogP contribution in [0.1, 0.15) is 19.4 Å². The Morgan fingerprint density at radius 1 is 1.37 bits per heavy atom. The van der Waals surface area contributed by atoms with Crippen molar-refractivity contribution in [3.63, 3.8) is 0 Å². The van der Waals surface area contributed by atoms with Crippen LogP contribution in [0.15, 0.2) is 18.2 Å². The van der Waals surface area contributed by atoms with Gasteiger partial charge in [-0.15, -0.1) is 0 Å². The van der Waals surface area contributed by atoms with Gasteiger partial charge in [0, 0.05) is 6.54 Å². The molecule has 2 rings (SSSR count). The third-order valence-corrected chi connectivity index (χ3v) is 4.01. The first-order valence-corrected chi connectivity index (χ1v) is 7.08. The summed E-state index contributed by atoms with van der Waals surface area (Å²) in [5.41, 5.74) is 0.880. The minimum atomic E-state index is 0.0916. The van der Waals surface area contributed by atoms with E-state index in [1.165, 1.54) is 0 Å². The average Bonchev–Trinajstić information content (AvgIpc) is 2.36. The lowest BCUT2D eigenvalue weighted by Crippen LogP contribution is -2.50. The zero-order valence-electron chi connectivity index (χ0n) is 11.0. The number of nitrogens with zero attached hydrogens (tertiary/aromatic N) is 1. The van der Waals surface area contributed by atoms with Gasteiger partial charge in [0.2, 0.25) is 5.91 Å². The molecule has 1 fully saturated rings. The van der Waals surface area contributed by atoms with E-state index in [2.05, 4.69) is 0 Å². The number of benzene rings is 1. The van der Waals surface area contributed by atoms with Crippen LogP contribution in [0.5, 0.6) is 0 Å². The number of rotatable bonds is 2. The number of amides is 1. The molecule has 0 spiro atoms. The van der Waals surface area contributed by atoms with Crippen LogP contribution >= 0.6 is 23.2 Å². The van der Waals surface area contributed by atoms with Crippen LogP contribution < -0.4 is 0 Å². The second-order valence-electron chi connectivity index (χ2n) is 4.96. The summed E-state index contributed by atoms with van der Waals surface area (Å²) in [6, 6.07) is 5.42. The van der Waals surface area contributed by atoms with Gasteiger partial charge >= 0.3 is 0 Å². The lowest BCUT2D eigenvalue weighted by Gasteiger charge is -2.37. The van der Waals surface area contributed by atoms with Gasteiger partial charge in [-0.2, -0.15) is 0 Å². The standard InChI is InChI=1S/C14H17Cl2NO2/c1-9-8-19-10(2)7-17(9)14(18)6-11-3-4-12(15)13(16)5-11/h3-5,9-10H,6-8H2,1-2H3. The van der Waals surface area contributed by atoms with Crippen LogP contribution in [0.25, 0.3) is 0 Å². The van der Waals surface area contributed by atoms with Crippen molar-refractivity contribution in [2.75, 3.05) is 13.2 Å². The Labute approximate surface area is 123 Å². The highest BCUT2D eigenvalue weighted by Crippen LogP contribution is 2.23. The van der Waals surface area contributed by atoms with Gasteiger partial charge in [0.25, 0.3) is 0 Å². The molecule has 0 aromatic heterocycles. The molecule has 1 amide bonds. The van der Waals surface area contributed by atoms with Crippen molar-refractivity contribution in [1.29, 1.82) is 0 Å². The summed E-state index contributed by atoms with van der Waals surface area (Å²) < 4.78 is 5.52. The van der Waals surface area contributed by atoms with Gasteiger partial charge in [-0.05, 0) is 31.5 Å². The maximum Gasteiger partial charge on any atom is 0.227 e. The number of ether oxygens (including phenoxy) is 1. The highest BCUT2D eigenvalue weighted by Gasteiger charge is 2.27. The van der Waals surface area contributed by atoms with Crippen molar-refractivity contribution < 1.29 is 9.53 Å². The van der Waals surface area contributed by atoms with Crippen LogP contribution in [0.3, 0.4) is 0 Å². The van der Waals surface area contributed by atoms with E-state index >= 15 is 0 Å². The summed E-state index contributed by atoms with van der Waals surface area (Å²) >= 11 is 11.8. The first-order valence-electron chi connectivity index (χ1n) is 6.32. The minimum Gasteiger partial charge on any atom is -0.375 e. The van der Waals surface area contributed by atoms with Crippen LogP contribution in [0, 0.1) is 0 Å². The molecule has 0 aliphatic carbocycles. The number of morpholine rings is 1. The van der Waals surface area contributed by atoms with E-state index < -0.39 is 0 Å². The molecule has 104 valence electrons. The molecule has 0 bridgehead atoms. The van der Waals surface area contributed by atoms with Crippen molar-refractivity contribution in [3.8, 4) is 0 Å². The van der Waals surface area contributed by atoms with E-state index in [1.807, 2.05) is 24.8 Å². The van der Waals surface area contributed by atoms with Crippen LogP contribution in [0.2, 0.25) is 10.0 Å². The van der Waals surface area contributed by atoms with E-state index in [0.29, 0.717) is 29.6 Å². The molecular formula is C14H17Cl2NO2. The van der Waals surface area contributed by atoms with Crippen molar-refractivity contribution in [2.45, 2.75) is 32.4 Å². The van der Waals surface area contributed by atoms with Crippen molar-refractivity contribution in [3.05, 3.63) is 33.8 Å². The summed E-state index contributed by atoms with van der Waals surface area (Å²) in [4.78, 5) is 14.2. The maximum absolute atomic E-state index is 12.3. The number of hydrogen-bond donors (Lipinski definition) is 0. The number of halogens is 2. The fourth-order valence-corrected chi connectivity index (χ4v) is 2.50. The average molecular weight is 302 g/mol. The maximum atomic E-state index is 12.3. The summed E-state index contributed by atoms with van der Waals surface area (Å²) in [6.07, 6.45) is 0.433. The van der Waals surface area contributed by atoms with Gasteiger partial charge < -0.3 is 9.64 Å². The monoisotopic (exact) mass is 301 g/mol. The molecule has 2 unspecified atom stereocenters. The highest BCUT2D eigenvalue weighted by atomic mass is 35.5. The Kier molecular flexibility index (Phi) is 4.71. The largest absolute Gasteiger partial charge is 0.375 e. The SMILES string of the molecule is CC1CN(C(=O)Cc2ccc(Cl)c(Cl)c2)C(C)CO1. The molecule has 1 heterocycles. The first kappa shape index (κ1) is 14.6. The van der Waals surface area contributed by atoms with E-state index in [4.69, 9.17) is 27.9 Å². The smallest absolute Gasteiger partial charge is 0.227 e. The fourth-order valence-electron chi connectivity index (χ4n) is 2.18. The lowest BCUT2D eigenvalue weighted by atomic mass is 10.1. The highest BCUT2D eigenvalue weighted by molar-refractivity contribution is 6.42. The van der Waals surface area contributed by atoms with E-state index in [0.717, 1.165) is 5.56 Å². The fraction of sp³-hybridized carbons (Fsp3) is 0.500. The Balaban J connectivity index is 2.05. The number of carbonyl (C=O) groups excluding carboxylic acids is 1. The third-order valence-electron chi connectivity index (χ3n) is 3.27. The van der Waals surface area contributed by atoms with Crippen LogP contribution in [0.4, 0.5) is 0 Å². The van der Waals surface area contributed by atoms with Gasteiger partial charge in [0.05, 0.1) is 35.2 Å². The molecule has 19 heavy (non-hydrogen) atoms. The van der Waals surface area contributed by atoms with Gasteiger partial charge in [0.1, 0.15) is 0 Å². The summed E-state index contributed by atoms with van der Waals surface area (Å²) in [7, 11) is 0. The van der Waals surface area contributed by atoms with Gasteiger partial charge in [-0.3, -0.25) is 4.79 Å². The quantitative estimate of drug-likeness (QED) is 0.840. The molecule has 1 saturated heterocycles. The molecule has 3 nitrogen and oxygen atoms in total. The van der Waals surface area contributed by atoms with E-state index in [1.54, 1.807) is 12.1 Å². The molecular weight excluding hydrogens is 285 g/mol. The first-order chi connectivity index (χ1) is 8.97. The van der Waals surface area contributed by atoms with Crippen LogP contribution in [-0.2, 0) is 16.0 Å². The normalized spacial score (nSPS) is 23.5. The van der Waals surface area contributed by atoms with Crippen LogP contribution in [-0.4, -0.2) is 36.1 Å². The van der Waals surface area contributed by atoms with Gasteiger partial charge in [-0.25, -0.2) is 0 Å². The predicted octanol–water partition coefficient (Wildman–Crippen LogP) is 3.17. The molecule has 2 atom stereocenters. The van der Waals surface area contributed by atoms with Gasteiger partial charge in [-0.1, -0.05) is 29.3 Å². The van der Waals surface area contributed by atoms with E-state index in [-0.39, 0.29) is 18.1 Å². The number of hydrogen-bond acceptors (Lipinski definition) is 2. The Hall–Kier alpha value is -0.770.